The number of hydrogen-bond acceptors (Lipinski definition) is 4. The van der Waals surface area contributed by atoms with Crippen LogP contribution in [0.2, 0.25) is 0 Å². The van der Waals surface area contributed by atoms with E-state index >= 15 is 0 Å². The Kier molecular flexibility index (Phi) is 2.72. The van der Waals surface area contributed by atoms with Gasteiger partial charge in [-0.1, -0.05) is 24.3 Å². The number of fused-ring (bicyclic) bond motifs is 1. The minimum atomic E-state index is 0.0951. The van der Waals surface area contributed by atoms with Gasteiger partial charge in [-0.05, 0) is 30.5 Å². The molecule has 4 nitrogen and oxygen atoms in total. The molecule has 1 aromatic carbocycles. The molecule has 2 aromatic rings. The molecule has 2 atom stereocenters. The molecule has 0 radical (unpaired) electrons. The summed E-state index contributed by atoms with van der Waals surface area (Å²) in [6.07, 6.45) is 2.68. The Morgan fingerprint density at radius 3 is 2.94 bits per heavy atom. The first-order valence-electron chi connectivity index (χ1n) is 6.13. The zero-order valence-electron chi connectivity index (χ0n) is 10.3. The highest BCUT2D eigenvalue weighted by molar-refractivity contribution is 5.45. The Hall–Kier alpha value is -1.94. The third kappa shape index (κ3) is 1.95. The van der Waals surface area contributed by atoms with Crippen LogP contribution in [0.5, 0.6) is 0 Å². The Balaban J connectivity index is 1.89. The van der Waals surface area contributed by atoms with Gasteiger partial charge in [0, 0.05) is 12.2 Å². The Labute approximate surface area is 106 Å². The molecule has 92 valence electrons. The summed E-state index contributed by atoms with van der Waals surface area (Å²) in [4.78, 5) is 8.46. The van der Waals surface area contributed by atoms with Gasteiger partial charge in [-0.2, -0.15) is 0 Å². The summed E-state index contributed by atoms with van der Waals surface area (Å²) < 4.78 is 0. The fourth-order valence-electron chi connectivity index (χ4n) is 2.51. The summed E-state index contributed by atoms with van der Waals surface area (Å²) in [5.74, 6) is 1.60. The normalized spacial score (nSPS) is 21.7. The molecule has 1 aliphatic rings. The SMILES string of the molecule is Cc1nccc(NC2c3ccccc3CC2N)n1. The summed E-state index contributed by atoms with van der Waals surface area (Å²) in [6, 6.07) is 10.5. The fourth-order valence-corrected chi connectivity index (χ4v) is 2.51. The topological polar surface area (TPSA) is 63.8 Å². The lowest BCUT2D eigenvalue weighted by molar-refractivity contribution is 0.623. The molecule has 4 heteroatoms. The zero-order valence-corrected chi connectivity index (χ0v) is 10.3. The minimum absolute atomic E-state index is 0.0951. The second kappa shape index (κ2) is 4.38. The molecule has 0 aliphatic heterocycles. The largest absolute Gasteiger partial charge is 0.362 e. The molecule has 0 bridgehead atoms. The molecular formula is C14H16N4. The van der Waals surface area contributed by atoms with Crippen LogP contribution in [0.4, 0.5) is 5.82 Å². The van der Waals surface area contributed by atoms with Crippen LogP contribution < -0.4 is 11.1 Å². The molecule has 0 saturated carbocycles. The highest BCUT2D eigenvalue weighted by Crippen LogP contribution is 2.32. The van der Waals surface area contributed by atoms with Crippen molar-refractivity contribution in [2.24, 2.45) is 5.73 Å². The summed E-state index contributed by atoms with van der Waals surface area (Å²) >= 11 is 0. The van der Waals surface area contributed by atoms with Crippen LogP contribution in [0.1, 0.15) is 23.0 Å². The number of aromatic nitrogens is 2. The molecule has 0 fully saturated rings. The summed E-state index contributed by atoms with van der Waals surface area (Å²) in [6.45, 7) is 1.88. The summed E-state index contributed by atoms with van der Waals surface area (Å²) in [5, 5.41) is 3.41. The van der Waals surface area contributed by atoms with E-state index in [9.17, 15) is 0 Å². The van der Waals surface area contributed by atoms with Crippen molar-refractivity contribution in [1.29, 1.82) is 0 Å². The van der Waals surface area contributed by atoms with Gasteiger partial charge in [0.2, 0.25) is 0 Å². The first kappa shape index (κ1) is 11.2. The van der Waals surface area contributed by atoms with E-state index in [1.54, 1.807) is 6.20 Å². The van der Waals surface area contributed by atoms with Crippen molar-refractivity contribution in [1.82, 2.24) is 9.97 Å². The molecule has 1 aromatic heterocycles. The molecular weight excluding hydrogens is 224 g/mol. The molecule has 0 spiro atoms. The number of hydrogen-bond donors (Lipinski definition) is 2. The Morgan fingerprint density at radius 1 is 1.28 bits per heavy atom. The van der Waals surface area contributed by atoms with Gasteiger partial charge in [-0.3, -0.25) is 0 Å². The molecule has 2 unspecified atom stereocenters. The number of rotatable bonds is 2. The quantitative estimate of drug-likeness (QED) is 0.840. The standard InChI is InChI=1S/C14H16N4/c1-9-16-7-6-13(17-9)18-14-11-5-3-2-4-10(11)8-12(14)15/h2-7,12,14H,8,15H2,1H3,(H,16,17,18). The van der Waals surface area contributed by atoms with Gasteiger partial charge in [-0.15, -0.1) is 0 Å². The van der Waals surface area contributed by atoms with E-state index in [1.165, 1.54) is 11.1 Å². The number of anilines is 1. The van der Waals surface area contributed by atoms with Crippen LogP contribution in [-0.4, -0.2) is 16.0 Å². The lowest BCUT2D eigenvalue weighted by atomic mass is 10.1. The lowest BCUT2D eigenvalue weighted by Crippen LogP contribution is -2.30. The predicted molar refractivity (Wildman–Crippen MR) is 71.3 cm³/mol. The van der Waals surface area contributed by atoms with Gasteiger partial charge in [0.05, 0.1) is 6.04 Å². The van der Waals surface area contributed by atoms with E-state index in [2.05, 4.69) is 39.6 Å². The van der Waals surface area contributed by atoms with Crippen LogP contribution in [0.15, 0.2) is 36.5 Å². The number of nitrogens with zero attached hydrogens (tertiary/aromatic N) is 2. The van der Waals surface area contributed by atoms with Crippen LogP contribution in [0.25, 0.3) is 0 Å². The highest BCUT2D eigenvalue weighted by atomic mass is 15.1. The van der Waals surface area contributed by atoms with E-state index in [0.717, 1.165) is 18.1 Å². The van der Waals surface area contributed by atoms with Crippen LogP contribution >= 0.6 is 0 Å². The van der Waals surface area contributed by atoms with E-state index in [0.29, 0.717) is 0 Å². The van der Waals surface area contributed by atoms with Crippen molar-refractivity contribution in [2.75, 3.05) is 5.32 Å². The second-order valence-electron chi connectivity index (χ2n) is 4.68. The number of nitrogens with one attached hydrogen (secondary N) is 1. The monoisotopic (exact) mass is 240 g/mol. The maximum atomic E-state index is 6.21. The Morgan fingerprint density at radius 2 is 2.11 bits per heavy atom. The molecule has 1 aliphatic carbocycles. The molecule has 18 heavy (non-hydrogen) atoms. The number of aryl methyl sites for hydroxylation is 1. The summed E-state index contributed by atoms with van der Waals surface area (Å²) in [5.41, 5.74) is 8.82. The number of benzene rings is 1. The van der Waals surface area contributed by atoms with E-state index < -0.39 is 0 Å². The molecule has 0 amide bonds. The van der Waals surface area contributed by atoms with Crippen LogP contribution in [0, 0.1) is 6.92 Å². The maximum absolute atomic E-state index is 6.21. The van der Waals surface area contributed by atoms with Crippen molar-refractivity contribution < 1.29 is 0 Å². The molecule has 3 rings (SSSR count). The first-order valence-corrected chi connectivity index (χ1v) is 6.13. The molecule has 1 heterocycles. The first-order chi connectivity index (χ1) is 8.74. The van der Waals surface area contributed by atoms with Gasteiger partial charge in [-0.25, -0.2) is 9.97 Å². The van der Waals surface area contributed by atoms with Gasteiger partial charge in [0.25, 0.3) is 0 Å². The van der Waals surface area contributed by atoms with Gasteiger partial charge < -0.3 is 11.1 Å². The van der Waals surface area contributed by atoms with Gasteiger partial charge >= 0.3 is 0 Å². The van der Waals surface area contributed by atoms with Gasteiger partial charge in [0.1, 0.15) is 11.6 Å². The van der Waals surface area contributed by atoms with Crippen LogP contribution in [0.3, 0.4) is 0 Å². The molecule has 0 saturated heterocycles. The maximum Gasteiger partial charge on any atom is 0.130 e. The predicted octanol–water partition coefficient (Wildman–Crippen LogP) is 1.82. The molecule has 3 N–H and O–H groups in total. The van der Waals surface area contributed by atoms with Crippen molar-refractivity contribution in [3.8, 4) is 0 Å². The van der Waals surface area contributed by atoms with Gasteiger partial charge in [0.15, 0.2) is 0 Å². The zero-order chi connectivity index (χ0) is 12.5. The fraction of sp³-hybridized carbons (Fsp3) is 0.286. The third-order valence-corrected chi connectivity index (χ3v) is 3.35. The third-order valence-electron chi connectivity index (χ3n) is 3.35. The second-order valence-corrected chi connectivity index (χ2v) is 4.68. The van der Waals surface area contributed by atoms with Crippen LogP contribution in [-0.2, 0) is 6.42 Å². The van der Waals surface area contributed by atoms with E-state index in [-0.39, 0.29) is 12.1 Å². The van der Waals surface area contributed by atoms with Crippen molar-refractivity contribution in [2.45, 2.75) is 25.4 Å². The van der Waals surface area contributed by atoms with Crippen molar-refractivity contribution >= 4 is 5.82 Å². The lowest BCUT2D eigenvalue weighted by Gasteiger charge is -2.19. The average Bonchev–Trinajstić information content (AvgIpc) is 2.66. The summed E-state index contributed by atoms with van der Waals surface area (Å²) in [7, 11) is 0. The van der Waals surface area contributed by atoms with E-state index in [1.807, 2.05) is 13.0 Å². The smallest absolute Gasteiger partial charge is 0.130 e. The minimum Gasteiger partial charge on any atom is -0.362 e. The highest BCUT2D eigenvalue weighted by Gasteiger charge is 2.29. The number of nitrogens with two attached hydrogens (primary N) is 1. The average molecular weight is 240 g/mol. The Bertz CT molecular complexity index is 567. The van der Waals surface area contributed by atoms with Crippen molar-refractivity contribution in [3.05, 3.63) is 53.5 Å². The van der Waals surface area contributed by atoms with E-state index in [4.69, 9.17) is 5.73 Å². The van der Waals surface area contributed by atoms with Crippen molar-refractivity contribution in [3.63, 3.8) is 0 Å².